The lowest BCUT2D eigenvalue weighted by atomic mass is 10.2. The van der Waals surface area contributed by atoms with Crippen LogP contribution in [0.3, 0.4) is 0 Å². The number of nitrogens with zero attached hydrogens (tertiary/aromatic N) is 1. The predicted octanol–water partition coefficient (Wildman–Crippen LogP) is 2.63. The van der Waals surface area contributed by atoms with Gasteiger partial charge in [0.1, 0.15) is 5.75 Å². The normalized spacial score (nSPS) is 10.7. The fraction of sp³-hybridized carbons (Fsp3) is 0.235. The van der Waals surface area contributed by atoms with Crippen LogP contribution in [0.5, 0.6) is 17.2 Å². The highest BCUT2D eigenvalue weighted by Crippen LogP contribution is 2.27. The van der Waals surface area contributed by atoms with E-state index in [0.717, 1.165) is 11.1 Å². The Morgan fingerprint density at radius 2 is 1.83 bits per heavy atom. The average Bonchev–Trinajstić information content (AvgIpc) is 2.57. The lowest BCUT2D eigenvalue weighted by molar-refractivity contribution is 0.354. The second kappa shape index (κ2) is 9.86. The van der Waals surface area contributed by atoms with Gasteiger partial charge in [-0.2, -0.15) is 0 Å². The quantitative estimate of drug-likeness (QED) is 0.363. The summed E-state index contributed by atoms with van der Waals surface area (Å²) in [4.78, 5) is 4.24. The molecule has 0 amide bonds. The number of benzene rings is 2. The summed E-state index contributed by atoms with van der Waals surface area (Å²) < 4.78 is 10.5. The van der Waals surface area contributed by atoms with Gasteiger partial charge in [-0.15, -0.1) is 24.0 Å². The van der Waals surface area contributed by atoms with E-state index in [4.69, 9.17) is 15.2 Å². The van der Waals surface area contributed by atoms with Gasteiger partial charge >= 0.3 is 0 Å². The Balaban J connectivity index is 0.00000288. The monoisotopic (exact) mass is 443 g/mol. The number of rotatable bonds is 6. The molecule has 0 radical (unpaired) electrons. The molecule has 0 saturated carbocycles. The van der Waals surface area contributed by atoms with Crippen molar-refractivity contribution in [3.63, 3.8) is 0 Å². The van der Waals surface area contributed by atoms with Crippen LogP contribution in [0.15, 0.2) is 47.5 Å². The van der Waals surface area contributed by atoms with Gasteiger partial charge < -0.3 is 25.6 Å². The number of methoxy groups -OCH3 is 2. The standard InChI is InChI=1S/C17H21N3O3.HI/c1-22-15-7-6-13(9-16(15)23-2)11-20-17(18)19-10-12-4-3-5-14(21)8-12;/h3-9,21H,10-11H2,1-2H3,(H3,18,19,20);1H. The molecule has 0 aliphatic heterocycles. The summed E-state index contributed by atoms with van der Waals surface area (Å²) in [6, 6.07) is 12.6. The molecule has 0 saturated heterocycles. The molecule has 7 heteroatoms. The molecule has 4 N–H and O–H groups in total. The van der Waals surface area contributed by atoms with E-state index in [0.29, 0.717) is 30.5 Å². The molecule has 2 aromatic rings. The van der Waals surface area contributed by atoms with Crippen molar-refractivity contribution in [2.24, 2.45) is 10.7 Å². The minimum absolute atomic E-state index is 0. The summed E-state index contributed by atoms with van der Waals surface area (Å²) in [6.07, 6.45) is 0. The number of hydrogen-bond acceptors (Lipinski definition) is 4. The van der Waals surface area contributed by atoms with E-state index in [1.807, 2.05) is 24.3 Å². The molecule has 6 nitrogen and oxygen atoms in total. The maximum atomic E-state index is 9.41. The van der Waals surface area contributed by atoms with Crippen molar-refractivity contribution in [1.82, 2.24) is 5.32 Å². The van der Waals surface area contributed by atoms with Crippen LogP contribution in [0, 0.1) is 0 Å². The molecule has 2 aromatic carbocycles. The number of phenolic OH excluding ortho intramolecular Hbond substituents is 1. The van der Waals surface area contributed by atoms with E-state index >= 15 is 0 Å². The van der Waals surface area contributed by atoms with Gasteiger partial charge in [0.15, 0.2) is 17.5 Å². The Hall–Kier alpha value is -2.16. The Morgan fingerprint density at radius 1 is 1.08 bits per heavy atom. The van der Waals surface area contributed by atoms with E-state index in [2.05, 4.69) is 10.3 Å². The molecule has 2 rings (SSSR count). The molecule has 0 unspecified atom stereocenters. The zero-order valence-electron chi connectivity index (χ0n) is 13.7. The highest BCUT2D eigenvalue weighted by Gasteiger charge is 2.04. The first-order valence-corrected chi connectivity index (χ1v) is 7.15. The van der Waals surface area contributed by atoms with Crippen molar-refractivity contribution < 1.29 is 14.6 Å². The first-order valence-electron chi connectivity index (χ1n) is 7.15. The molecule has 0 heterocycles. The number of nitrogens with two attached hydrogens (primary N) is 1. The third-order valence-electron chi connectivity index (χ3n) is 3.26. The van der Waals surface area contributed by atoms with Gasteiger partial charge in [-0.25, -0.2) is 4.99 Å². The van der Waals surface area contributed by atoms with Gasteiger partial charge in [0.25, 0.3) is 0 Å². The molecule has 0 bridgehead atoms. The maximum Gasteiger partial charge on any atom is 0.189 e. The number of aliphatic imine (C=N–C) groups is 1. The van der Waals surface area contributed by atoms with Crippen molar-refractivity contribution >= 4 is 29.9 Å². The van der Waals surface area contributed by atoms with Crippen molar-refractivity contribution in [1.29, 1.82) is 0 Å². The summed E-state index contributed by atoms with van der Waals surface area (Å²) >= 11 is 0. The largest absolute Gasteiger partial charge is 0.508 e. The van der Waals surface area contributed by atoms with Crippen molar-refractivity contribution in [2.75, 3.05) is 14.2 Å². The zero-order valence-corrected chi connectivity index (χ0v) is 16.0. The Labute approximate surface area is 158 Å². The topological polar surface area (TPSA) is 89.1 Å². The molecular weight excluding hydrogens is 421 g/mol. The smallest absolute Gasteiger partial charge is 0.189 e. The van der Waals surface area contributed by atoms with E-state index in [1.165, 1.54) is 0 Å². The van der Waals surface area contributed by atoms with Gasteiger partial charge in [0.2, 0.25) is 0 Å². The first kappa shape index (κ1) is 19.9. The van der Waals surface area contributed by atoms with Crippen LogP contribution in [-0.2, 0) is 13.1 Å². The lowest BCUT2D eigenvalue weighted by Gasteiger charge is -2.10. The second-order valence-corrected chi connectivity index (χ2v) is 4.91. The number of phenols is 1. The van der Waals surface area contributed by atoms with Crippen LogP contribution in [0.2, 0.25) is 0 Å². The molecule has 130 valence electrons. The van der Waals surface area contributed by atoms with E-state index in [-0.39, 0.29) is 29.7 Å². The number of guanidine groups is 1. The summed E-state index contributed by atoms with van der Waals surface area (Å²) in [7, 11) is 3.20. The van der Waals surface area contributed by atoms with Crippen LogP contribution < -0.4 is 20.5 Å². The molecule has 0 atom stereocenters. The SMILES string of the molecule is COc1ccc(CNC(N)=NCc2cccc(O)c2)cc1OC.I. The van der Waals surface area contributed by atoms with E-state index in [9.17, 15) is 5.11 Å². The highest BCUT2D eigenvalue weighted by atomic mass is 127. The van der Waals surface area contributed by atoms with Crippen molar-refractivity contribution in [3.8, 4) is 17.2 Å². The van der Waals surface area contributed by atoms with Gasteiger partial charge in [0, 0.05) is 6.54 Å². The lowest BCUT2D eigenvalue weighted by Crippen LogP contribution is -2.31. The second-order valence-electron chi connectivity index (χ2n) is 4.91. The van der Waals surface area contributed by atoms with Gasteiger partial charge in [-0.3, -0.25) is 0 Å². The van der Waals surface area contributed by atoms with Gasteiger partial charge in [0.05, 0.1) is 20.8 Å². The van der Waals surface area contributed by atoms with E-state index < -0.39 is 0 Å². The fourth-order valence-corrected chi connectivity index (χ4v) is 2.07. The average molecular weight is 443 g/mol. The van der Waals surface area contributed by atoms with Crippen LogP contribution >= 0.6 is 24.0 Å². The highest BCUT2D eigenvalue weighted by molar-refractivity contribution is 14.0. The molecule has 0 aliphatic carbocycles. The first-order chi connectivity index (χ1) is 11.1. The van der Waals surface area contributed by atoms with Crippen LogP contribution in [0.4, 0.5) is 0 Å². The maximum absolute atomic E-state index is 9.41. The molecule has 0 spiro atoms. The van der Waals surface area contributed by atoms with Crippen molar-refractivity contribution in [2.45, 2.75) is 13.1 Å². The zero-order chi connectivity index (χ0) is 16.7. The number of aromatic hydroxyl groups is 1. The van der Waals surface area contributed by atoms with Gasteiger partial charge in [-0.05, 0) is 35.4 Å². The fourth-order valence-electron chi connectivity index (χ4n) is 2.07. The minimum atomic E-state index is 0. The number of nitrogens with one attached hydrogen (secondary N) is 1. The van der Waals surface area contributed by atoms with Crippen molar-refractivity contribution in [3.05, 3.63) is 53.6 Å². The van der Waals surface area contributed by atoms with Crippen LogP contribution in [0.1, 0.15) is 11.1 Å². The molecule has 0 fully saturated rings. The van der Waals surface area contributed by atoms with Crippen LogP contribution in [-0.4, -0.2) is 25.3 Å². The Morgan fingerprint density at radius 3 is 2.50 bits per heavy atom. The molecular formula is C17H22IN3O3. The molecule has 0 aromatic heterocycles. The minimum Gasteiger partial charge on any atom is -0.508 e. The summed E-state index contributed by atoms with van der Waals surface area (Å²) in [5.74, 6) is 1.90. The summed E-state index contributed by atoms with van der Waals surface area (Å²) in [5, 5.41) is 12.4. The Kier molecular flexibility index (Phi) is 8.17. The van der Waals surface area contributed by atoms with Crippen LogP contribution in [0.25, 0.3) is 0 Å². The summed E-state index contributed by atoms with van der Waals surface area (Å²) in [5.41, 5.74) is 7.74. The number of hydrogen-bond donors (Lipinski definition) is 3. The number of halogens is 1. The predicted molar refractivity (Wildman–Crippen MR) is 105 cm³/mol. The van der Waals surface area contributed by atoms with Gasteiger partial charge in [-0.1, -0.05) is 18.2 Å². The van der Waals surface area contributed by atoms with E-state index in [1.54, 1.807) is 32.4 Å². The third-order valence-corrected chi connectivity index (χ3v) is 3.26. The molecule has 0 aliphatic rings. The Bertz CT molecular complexity index is 693. The third kappa shape index (κ3) is 5.80. The number of ether oxygens (including phenoxy) is 2. The summed E-state index contributed by atoms with van der Waals surface area (Å²) in [6.45, 7) is 0.925. The molecule has 24 heavy (non-hydrogen) atoms.